The Morgan fingerprint density at radius 1 is 1.19 bits per heavy atom. The summed E-state index contributed by atoms with van der Waals surface area (Å²) in [5.74, 6) is 0.946. The highest BCUT2D eigenvalue weighted by molar-refractivity contribution is 5.33. The van der Waals surface area contributed by atoms with Crippen LogP contribution in [0.25, 0.3) is 0 Å². The van der Waals surface area contributed by atoms with Gasteiger partial charge in [-0.05, 0) is 18.9 Å². The lowest BCUT2D eigenvalue weighted by Gasteiger charge is -2.22. The minimum atomic E-state index is 0.334. The van der Waals surface area contributed by atoms with Crippen LogP contribution in [0.3, 0.4) is 0 Å². The Balaban J connectivity index is 1.71. The Kier molecular flexibility index (Phi) is 7.00. The van der Waals surface area contributed by atoms with Crippen molar-refractivity contribution >= 4 is 0 Å². The van der Waals surface area contributed by atoms with Crippen LogP contribution in [0, 0.1) is 0 Å². The fourth-order valence-corrected chi connectivity index (χ4v) is 2.31. The molecule has 0 atom stereocenters. The van der Waals surface area contributed by atoms with Crippen LogP contribution in [0.15, 0.2) is 24.3 Å². The highest BCUT2D eigenvalue weighted by Crippen LogP contribution is 2.18. The number of nitrogens with one attached hydrogen (secondary N) is 1. The molecular formula is C17H27NO3. The molecule has 0 bridgehead atoms. The number of hydrogen-bond donors (Lipinski definition) is 1. The molecule has 0 radical (unpaired) electrons. The van der Waals surface area contributed by atoms with Crippen molar-refractivity contribution in [3.63, 3.8) is 0 Å². The van der Waals surface area contributed by atoms with Gasteiger partial charge in [-0.2, -0.15) is 0 Å². The molecular weight excluding hydrogens is 266 g/mol. The molecule has 1 aromatic rings. The lowest BCUT2D eigenvalue weighted by Crippen LogP contribution is -2.25. The summed E-state index contributed by atoms with van der Waals surface area (Å²) in [6, 6.07) is 8.64. The zero-order valence-electron chi connectivity index (χ0n) is 13.1. The summed E-state index contributed by atoms with van der Waals surface area (Å²) in [4.78, 5) is 0. The summed E-state index contributed by atoms with van der Waals surface area (Å²) in [7, 11) is 0. The van der Waals surface area contributed by atoms with Crippen LogP contribution >= 0.6 is 0 Å². The fraction of sp³-hybridized carbons (Fsp3) is 0.647. The van der Waals surface area contributed by atoms with Gasteiger partial charge in [0.25, 0.3) is 0 Å². The molecule has 0 spiro atoms. The first-order chi connectivity index (χ1) is 10.3. The molecule has 4 nitrogen and oxygen atoms in total. The molecule has 1 N–H and O–H groups in total. The molecule has 0 saturated carbocycles. The van der Waals surface area contributed by atoms with E-state index in [1.165, 1.54) is 5.56 Å². The number of hydrogen-bond acceptors (Lipinski definition) is 4. The van der Waals surface area contributed by atoms with Crippen molar-refractivity contribution in [1.82, 2.24) is 5.32 Å². The van der Waals surface area contributed by atoms with E-state index in [2.05, 4.69) is 25.2 Å². The standard InChI is InChI=1S/C17H27NO3/c1-14(2)18-13-15-5-3-4-6-17(15)21-12-11-20-16-7-9-19-10-8-16/h3-6,14,16,18H,7-13H2,1-2H3. The molecule has 4 heteroatoms. The molecule has 0 aromatic heterocycles. The number of para-hydroxylation sites is 1. The smallest absolute Gasteiger partial charge is 0.123 e. The van der Waals surface area contributed by atoms with Gasteiger partial charge in [0, 0.05) is 31.4 Å². The van der Waals surface area contributed by atoms with Crippen LogP contribution in [0.1, 0.15) is 32.3 Å². The third-order valence-corrected chi connectivity index (χ3v) is 3.54. The highest BCUT2D eigenvalue weighted by Gasteiger charge is 2.13. The van der Waals surface area contributed by atoms with E-state index in [9.17, 15) is 0 Å². The average molecular weight is 293 g/mol. The van der Waals surface area contributed by atoms with Crippen molar-refractivity contribution < 1.29 is 14.2 Å². The molecule has 1 aliphatic rings. The van der Waals surface area contributed by atoms with E-state index in [-0.39, 0.29) is 0 Å². The van der Waals surface area contributed by atoms with Crippen LogP contribution in [-0.4, -0.2) is 38.6 Å². The first kappa shape index (κ1) is 16.3. The zero-order chi connectivity index (χ0) is 14.9. The molecule has 1 aliphatic heterocycles. The molecule has 118 valence electrons. The van der Waals surface area contributed by atoms with Gasteiger partial charge in [-0.25, -0.2) is 0 Å². The zero-order valence-corrected chi connectivity index (χ0v) is 13.1. The van der Waals surface area contributed by atoms with Crippen LogP contribution in [-0.2, 0) is 16.0 Å². The van der Waals surface area contributed by atoms with Gasteiger partial charge in [0.2, 0.25) is 0 Å². The van der Waals surface area contributed by atoms with Gasteiger partial charge in [-0.15, -0.1) is 0 Å². The fourth-order valence-electron chi connectivity index (χ4n) is 2.31. The molecule has 0 aliphatic carbocycles. The Bertz CT molecular complexity index is 403. The summed E-state index contributed by atoms with van der Waals surface area (Å²) in [5, 5.41) is 3.42. The Hall–Kier alpha value is -1.10. The minimum Gasteiger partial charge on any atom is -0.491 e. The van der Waals surface area contributed by atoms with Crippen LogP contribution in [0.2, 0.25) is 0 Å². The molecule has 2 rings (SSSR count). The van der Waals surface area contributed by atoms with Crippen LogP contribution in [0.5, 0.6) is 5.75 Å². The van der Waals surface area contributed by atoms with E-state index in [1.54, 1.807) is 0 Å². The molecule has 21 heavy (non-hydrogen) atoms. The lowest BCUT2D eigenvalue weighted by molar-refractivity contribution is -0.0388. The van der Waals surface area contributed by atoms with E-state index < -0.39 is 0 Å². The molecule has 0 amide bonds. The van der Waals surface area contributed by atoms with Gasteiger partial charge in [0.15, 0.2) is 0 Å². The van der Waals surface area contributed by atoms with Gasteiger partial charge < -0.3 is 19.5 Å². The summed E-state index contributed by atoms with van der Waals surface area (Å²) in [6.07, 6.45) is 2.32. The molecule has 1 saturated heterocycles. The number of rotatable bonds is 8. The van der Waals surface area contributed by atoms with Gasteiger partial charge in [-0.1, -0.05) is 32.0 Å². The minimum absolute atomic E-state index is 0.334. The summed E-state index contributed by atoms with van der Waals surface area (Å²) >= 11 is 0. The van der Waals surface area contributed by atoms with Crippen molar-refractivity contribution in [3.8, 4) is 5.75 Å². The first-order valence-electron chi connectivity index (χ1n) is 7.89. The Morgan fingerprint density at radius 2 is 1.95 bits per heavy atom. The SMILES string of the molecule is CC(C)NCc1ccccc1OCCOC1CCOCC1. The second-order valence-electron chi connectivity index (χ2n) is 5.67. The van der Waals surface area contributed by atoms with Gasteiger partial charge in [0.05, 0.1) is 12.7 Å². The van der Waals surface area contributed by atoms with Crippen LogP contribution < -0.4 is 10.1 Å². The third kappa shape index (κ3) is 6.04. The second-order valence-corrected chi connectivity index (χ2v) is 5.67. The predicted molar refractivity (Wildman–Crippen MR) is 83.7 cm³/mol. The van der Waals surface area contributed by atoms with E-state index in [0.29, 0.717) is 25.4 Å². The maximum atomic E-state index is 5.86. The topological polar surface area (TPSA) is 39.7 Å². The Morgan fingerprint density at radius 3 is 2.71 bits per heavy atom. The maximum Gasteiger partial charge on any atom is 0.123 e. The number of ether oxygens (including phenoxy) is 3. The molecule has 1 fully saturated rings. The Labute approximate surface area is 127 Å². The van der Waals surface area contributed by atoms with E-state index in [4.69, 9.17) is 14.2 Å². The maximum absolute atomic E-state index is 5.86. The van der Waals surface area contributed by atoms with Gasteiger partial charge in [-0.3, -0.25) is 0 Å². The largest absolute Gasteiger partial charge is 0.491 e. The quantitative estimate of drug-likeness (QED) is 0.748. The molecule has 0 unspecified atom stereocenters. The molecule has 1 heterocycles. The van der Waals surface area contributed by atoms with Crippen molar-refractivity contribution in [2.45, 2.75) is 45.4 Å². The normalized spacial score (nSPS) is 16.3. The first-order valence-corrected chi connectivity index (χ1v) is 7.89. The van der Waals surface area contributed by atoms with E-state index in [0.717, 1.165) is 38.3 Å². The second kappa shape index (κ2) is 9.03. The van der Waals surface area contributed by atoms with E-state index >= 15 is 0 Å². The van der Waals surface area contributed by atoms with Crippen LogP contribution in [0.4, 0.5) is 0 Å². The summed E-state index contributed by atoms with van der Waals surface area (Å²) < 4.78 is 17.0. The van der Waals surface area contributed by atoms with Crippen molar-refractivity contribution in [3.05, 3.63) is 29.8 Å². The predicted octanol–water partition coefficient (Wildman–Crippen LogP) is 2.76. The summed E-state index contributed by atoms with van der Waals surface area (Å²) in [6.45, 7) is 7.97. The highest BCUT2D eigenvalue weighted by atomic mass is 16.5. The number of benzene rings is 1. The van der Waals surface area contributed by atoms with E-state index in [1.807, 2.05) is 18.2 Å². The van der Waals surface area contributed by atoms with Gasteiger partial charge in [0.1, 0.15) is 12.4 Å². The lowest BCUT2D eigenvalue weighted by atomic mass is 10.2. The van der Waals surface area contributed by atoms with Crippen molar-refractivity contribution in [1.29, 1.82) is 0 Å². The van der Waals surface area contributed by atoms with Crippen molar-refractivity contribution in [2.75, 3.05) is 26.4 Å². The third-order valence-electron chi connectivity index (χ3n) is 3.54. The summed E-state index contributed by atoms with van der Waals surface area (Å²) in [5.41, 5.74) is 1.19. The monoisotopic (exact) mass is 293 g/mol. The van der Waals surface area contributed by atoms with Gasteiger partial charge >= 0.3 is 0 Å². The average Bonchev–Trinajstić information content (AvgIpc) is 2.51. The van der Waals surface area contributed by atoms with Crippen molar-refractivity contribution in [2.24, 2.45) is 0 Å². The molecule has 1 aromatic carbocycles.